The highest BCUT2D eigenvalue weighted by Crippen LogP contribution is 2.37. The van der Waals surface area contributed by atoms with Gasteiger partial charge in [-0.15, -0.1) is 11.3 Å². The molecule has 1 aromatic carbocycles. The average Bonchev–Trinajstić information content (AvgIpc) is 3.37. The molecule has 1 aromatic heterocycles. The van der Waals surface area contributed by atoms with Crippen molar-refractivity contribution >= 4 is 44.3 Å². The molecule has 0 bridgehead atoms. The number of fused-ring (bicyclic) bond motifs is 1. The molecule has 37 heavy (non-hydrogen) atoms. The summed E-state index contributed by atoms with van der Waals surface area (Å²) in [5.74, 6) is -1.15. The van der Waals surface area contributed by atoms with Gasteiger partial charge in [-0.05, 0) is 64.1 Å². The van der Waals surface area contributed by atoms with Crippen LogP contribution in [0.15, 0.2) is 29.2 Å². The number of rotatable bonds is 6. The minimum Gasteiger partial charge on any atom is -0.450 e. The predicted octanol–water partition coefficient (Wildman–Crippen LogP) is 2.63. The number of carbonyl (C=O) groups excluding carboxylic acids is 3. The fourth-order valence-electron chi connectivity index (χ4n) is 4.28. The first-order valence-electron chi connectivity index (χ1n) is 11.8. The number of ether oxygens (including phenoxy) is 2. The largest absolute Gasteiger partial charge is 0.450 e. The lowest BCUT2D eigenvalue weighted by molar-refractivity contribution is 0.0924. The number of imide groups is 1. The Morgan fingerprint density at radius 2 is 1.86 bits per heavy atom. The molecule has 0 radical (unpaired) electrons. The first-order chi connectivity index (χ1) is 17.4. The van der Waals surface area contributed by atoms with Crippen LogP contribution in [-0.2, 0) is 32.5 Å². The standard InChI is InChI=1S/C24H30N4O7S2/c1-5-35-23(31)26-21(30)19-17-10-11-27(4)12-18(17)36-22(19)25-20(29)15-6-8-16(9-7-15)37(32,33)28-14-34-13-24(28,2)3/h6-9H,5,10-14H2,1-4H3,(H,25,29)(H,26,30,31). The number of amides is 3. The number of nitrogens with zero attached hydrogens (tertiary/aromatic N) is 2. The minimum atomic E-state index is -3.81. The van der Waals surface area contributed by atoms with Crippen LogP contribution in [0.2, 0.25) is 0 Å². The van der Waals surface area contributed by atoms with Crippen LogP contribution in [0.1, 0.15) is 51.9 Å². The summed E-state index contributed by atoms with van der Waals surface area (Å²) in [5, 5.41) is 5.31. The zero-order chi connectivity index (χ0) is 27.0. The number of hydrogen-bond acceptors (Lipinski definition) is 9. The van der Waals surface area contributed by atoms with Crippen LogP contribution in [-0.4, -0.2) is 74.6 Å². The Labute approximate surface area is 219 Å². The van der Waals surface area contributed by atoms with E-state index < -0.39 is 33.5 Å². The maximum Gasteiger partial charge on any atom is 0.414 e. The summed E-state index contributed by atoms with van der Waals surface area (Å²) in [5.41, 5.74) is 0.569. The van der Waals surface area contributed by atoms with Gasteiger partial charge in [0.25, 0.3) is 11.8 Å². The Bertz CT molecular complexity index is 1320. The lowest BCUT2D eigenvalue weighted by atomic mass is 10.0. The fourth-order valence-corrected chi connectivity index (χ4v) is 7.25. The van der Waals surface area contributed by atoms with Gasteiger partial charge in [0.15, 0.2) is 0 Å². The van der Waals surface area contributed by atoms with Gasteiger partial charge in [0.05, 0.1) is 29.2 Å². The second kappa shape index (κ2) is 10.5. The summed E-state index contributed by atoms with van der Waals surface area (Å²) in [6.45, 7) is 6.91. The van der Waals surface area contributed by atoms with E-state index in [1.807, 2.05) is 7.05 Å². The SMILES string of the molecule is CCOC(=O)NC(=O)c1c(NC(=O)c2ccc(S(=O)(=O)N3COCC3(C)C)cc2)sc2c1CCN(C)C2. The molecule has 3 heterocycles. The highest BCUT2D eigenvalue weighted by Gasteiger charge is 2.42. The van der Waals surface area contributed by atoms with Crippen molar-refractivity contribution in [1.29, 1.82) is 0 Å². The highest BCUT2D eigenvalue weighted by molar-refractivity contribution is 7.89. The molecular formula is C24H30N4O7S2. The second-order valence-electron chi connectivity index (χ2n) is 9.49. The number of carbonyl (C=O) groups is 3. The van der Waals surface area contributed by atoms with Gasteiger partial charge >= 0.3 is 6.09 Å². The molecule has 13 heteroatoms. The number of sulfonamides is 1. The first kappa shape index (κ1) is 27.2. The Kier molecular flexibility index (Phi) is 7.72. The topological polar surface area (TPSA) is 134 Å². The summed E-state index contributed by atoms with van der Waals surface area (Å²) in [4.78, 5) is 41.0. The summed E-state index contributed by atoms with van der Waals surface area (Å²) in [6, 6.07) is 5.60. The summed E-state index contributed by atoms with van der Waals surface area (Å²) >= 11 is 1.28. The van der Waals surface area contributed by atoms with Gasteiger partial charge in [0.2, 0.25) is 10.0 Å². The lowest BCUT2D eigenvalue weighted by Crippen LogP contribution is -2.44. The molecule has 0 spiro atoms. The van der Waals surface area contributed by atoms with Gasteiger partial charge in [-0.25, -0.2) is 13.2 Å². The molecule has 3 amide bonds. The number of hydrogen-bond donors (Lipinski definition) is 2. The van der Waals surface area contributed by atoms with Crippen molar-refractivity contribution in [3.05, 3.63) is 45.8 Å². The van der Waals surface area contributed by atoms with Gasteiger partial charge in [0, 0.05) is 23.5 Å². The number of likely N-dealkylation sites (N-methyl/N-ethyl adjacent to an activating group) is 1. The highest BCUT2D eigenvalue weighted by atomic mass is 32.2. The fraction of sp³-hybridized carbons (Fsp3) is 0.458. The Hall–Kier alpha value is -2.84. The smallest absolute Gasteiger partial charge is 0.414 e. The maximum absolute atomic E-state index is 13.1. The van der Waals surface area contributed by atoms with Crippen molar-refractivity contribution in [2.24, 2.45) is 0 Å². The molecule has 0 atom stereocenters. The van der Waals surface area contributed by atoms with E-state index in [-0.39, 0.29) is 29.4 Å². The Morgan fingerprint density at radius 3 is 2.49 bits per heavy atom. The number of nitrogens with one attached hydrogen (secondary N) is 2. The van der Waals surface area contributed by atoms with Gasteiger partial charge in [-0.1, -0.05) is 0 Å². The maximum atomic E-state index is 13.1. The van der Waals surface area contributed by atoms with E-state index in [0.29, 0.717) is 24.6 Å². The van der Waals surface area contributed by atoms with Crippen molar-refractivity contribution in [2.45, 2.75) is 44.2 Å². The number of alkyl carbamates (subject to hydrolysis) is 1. The van der Waals surface area contributed by atoms with Crippen LogP contribution >= 0.6 is 11.3 Å². The molecular weight excluding hydrogens is 520 g/mol. The summed E-state index contributed by atoms with van der Waals surface area (Å²) < 4.78 is 37.6. The molecule has 1 fully saturated rings. The normalized spacial score (nSPS) is 17.7. The molecule has 2 N–H and O–H groups in total. The minimum absolute atomic E-state index is 0.0353. The lowest BCUT2D eigenvalue weighted by Gasteiger charge is -2.28. The number of anilines is 1. The van der Waals surface area contributed by atoms with Crippen molar-refractivity contribution < 1.29 is 32.3 Å². The monoisotopic (exact) mass is 550 g/mol. The van der Waals surface area contributed by atoms with E-state index in [2.05, 4.69) is 15.5 Å². The van der Waals surface area contributed by atoms with Gasteiger partial charge in [-0.2, -0.15) is 4.31 Å². The molecule has 0 unspecified atom stereocenters. The van der Waals surface area contributed by atoms with E-state index in [4.69, 9.17) is 9.47 Å². The third-order valence-corrected chi connectivity index (χ3v) is 9.42. The van der Waals surface area contributed by atoms with Crippen molar-refractivity contribution in [3.63, 3.8) is 0 Å². The second-order valence-corrected chi connectivity index (χ2v) is 12.5. The Balaban J connectivity index is 1.57. The van der Waals surface area contributed by atoms with Crippen LogP contribution in [0.25, 0.3) is 0 Å². The van der Waals surface area contributed by atoms with Crippen LogP contribution < -0.4 is 10.6 Å². The predicted molar refractivity (Wildman–Crippen MR) is 137 cm³/mol. The molecule has 4 rings (SSSR count). The van der Waals surface area contributed by atoms with E-state index in [1.165, 1.54) is 39.9 Å². The van der Waals surface area contributed by atoms with Crippen LogP contribution in [0.4, 0.5) is 9.80 Å². The van der Waals surface area contributed by atoms with Crippen LogP contribution in [0.5, 0.6) is 0 Å². The van der Waals surface area contributed by atoms with Crippen molar-refractivity contribution in [2.75, 3.05) is 38.9 Å². The van der Waals surface area contributed by atoms with Crippen LogP contribution in [0.3, 0.4) is 0 Å². The van der Waals surface area contributed by atoms with Crippen molar-refractivity contribution in [3.8, 4) is 0 Å². The third-order valence-electron chi connectivity index (χ3n) is 6.24. The van der Waals surface area contributed by atoms with Gasteiger partial charge in [0.1, 0.15) is 11.7 Å². The van der Waals surface area contributed by atoms with Gasteiger partial charge in [-0.3, -0.25) is 14.9 Å². The van der Waals surface area contributed by atoms with Gasteiger partial charge < -0.3 is 19.7 Å². The van der Waals surface area contributed by atoms with E-state index in [9.17, 15) is 22.8 Å². The average molecular weight is 551 g/mol. The molecule has 2 aliphatic heterocycles. The quantitative estimate of drug-likeness (QED) is 0.561. The molecule has 11 nitrogen and oxygen atoms in total. The molecule has 0 aliphatic carbocycles. The van der Waals surface area contributed by atoms with Crippen LogP contribution in [0, 0.1) is 0 Å². The van der Waals surface area contributed by atoms with E-state index in [0.717, 1.165) is 17.0 Å². The zero-order valence-electron chi connectivity index (χ0n) is 21.1. The number of thiophene rings is 1. The summed E-state index contributed by atoms with van der Waals surface area (Å²) in [6.07, 6.45) is -0.270. The molecule has 0 saturated carbocycles. The molecule has 1 saturated heterocycles. The molecule has 2 aliphatic rings. The Morgan fingerprint density at radius 1 is 1.16 bits per heavy atom. The van der Waals surface area contributed by atoms with E-state index in [1.54, 1.807) is 20.8 Å². The molecule has 2 aromatic rings. The zero-order valence-corrected chi connectivity index (χ0v) is 22.8. The van der Waals surface area contributed by atoms with E-state index >= 15 is 0 Å². The first-order valence-corrected chi connectivity index (χ1v) is 14.0. The molecule has 200 valence electrons. The summed E-state index contributed by atoms with van der Waals surface area (Å²) in [7, 11) is -1.85. The third kappa shape index (κ3) is 5.55. The number of benzene rings is 1. The van der Waals surface area contributed by atoms with Crippen molar-refractivity contribution in [1.82, 2.24) is 14.5 Å².